The number of amides is 1. The number of benzene rings is 1. The Kier molecular flexibility index (Phi) is 4.90. The normalized spacial score (nSPS) is 10.8. The Morgan fingerprint density at radius 1 is 1.35 bits per heavy atom. The van der Waals surface area contributed by atoms with Gasteiger partial charge in [-0.25, -0.2) is 4.98 Å². The number of nitrogens with one attached hydrogen (secondary N) is 1. The smallest absolute Gasteiger partial charge is 0.227 e. The fourth-order valence-electron chi connectivity index (χ4n) is 2.16. The van der Waals surface area contributed by atoms with E-state index >= 15 is 0 Å². The number of anilines is 1. The minimum Gasteiger partial charge on any atom is -0.326 e. The first-order valence-corrected chi connectivity index (χ1v) is 7.85. The summed E-state index contributed by atoms with van der Waals surface area (Å²) < 4.78 is 0. The molecule has 2 aromatic rings. The number of hydrogen-bond donors (Lipinski definition) is 1. The summed E-state index contributed by atoms with van der Waals surface area (Å²) in [5.41, 5.74) is 2.84. The number of carbonyl (C=O) groups is 1. The summed E-state index contributed by atoms with van der Waals surface area (Å²) in [6.45, 7) is 6.08. The van der Waals surface area contributed by atoms with Crippen molar-refractivity contribution in [2.75, 3.05) is 5.32 Å². The number of hydrogen-bond acceptors (Lipinski definition) is 3. The summed E-state index contributed by atoms with van der Waals surface area (Å²) in [4.78, 5) is 16.6. The highest BCUT2D eigenvalue weighted by molar-refractivity contribution is 7.09. The number of rotatable bonds is 5. The molecule has 2 rings (SSSR count). The highest BCUT2D eigenvalue weighted by atomic mass is 32.1. The molecular formula is C16H20N2OS. The van der Waals surface area contributed by atoms with Gasteiger partial charge < -0.3 is 5.32 Å². The molecule has 0 bridgehead atoms. The van der Waals surface area contributed by atoms with Crippen LogP contribution >= 0.6 is 11.3 Å². The van der Waals surface area contributed by atoms with Crippen molar-refractivity contribution >= 4 is 22.9 Å². The van der Waals surface area contributed by atoms with Crippen molar-refractivity contribution < 1.29 is 4.79 Å². The van der Waals surface area contributed by atoms with Gasteiger partial charge in [-0.2, -0.15) is 0 Å². The molecule has 1 N–H and O–H groups in total. The van der Waals surface area contributed by atoms with Crippen LogP contribution in [0.3, 0.4) is 0 Å². The number of thiazole rings is 1. The lowest BCUT2D eigenvalue weighted by Gasteiger charge is -2.13. The van der Waals surface area contributed by atoms with E-state index in [1.807, 2.05) is 50.4 Å². The topological polar surface area (TPSA) is 42.0 Å². The van der Waals surface area contributed by atoms with Gasteiger partial charge in [-0.05, 0) is 31.9 Å². The Hall–Kier alpha value is -1.68. The Bertz CT molecular complexity index is 588. The lowest BCUT2D eigenvalue weighted by Crippen LogP contribution is -2.21. The predicted molar refractivity (Wildman–Crippen MR) is 85.0 cm³/mol. The molecular weight excluding hydrogens is 268 g/mol. The zero-order chi connectivity index (χ0) is 14.5. The maximum atomic E-state index is 12.1. The summed E-state index contributed by atoms with van der Waals surface area (Å²) in [7, 11) is 0. The van der Waals surface area contributed by atoms with Crippen molar-refractivity contribution in [2.45, 2.75) is 33.6 Å². The molecule has 1 aromatic carbocycles. The van der Waals surface area contributed by atoms with E-state index in [0.29, 0.717) is 0 Å². The fraction of sp³-hybridized carbons (Fsp3) is 0.375. The molecule has 20 heavy (non-hydrogen) atoms. The van der Waals surface area contributed by atoms with Crippen molar-refractivity contribution in [1.82, 2.24) is 4.98 Å². The Labute approximate surface area is 124 Å². The molecule has 106 valence electrons. The second kappa shape index (κ2) is 6.66. The lowest BCUT2D eigenvalue weighted by molar-refractivity contribution is -0.120. The zero-order valence-corrected chi connectivity index (χ0v) is 13.0. The molecule has 0 atom stereocenters. The van der Waals surface area contributed by atoms with Crippen LogP contribution in [0.2, 0.25) is 0 Å². The molecule has 4 heteroatoms. The van der Waals surface area contributed by atoms with Gasteiger partial charge >= 0.3 is 0 Å². The van der Waals surface area contributed by atoms with E-state index in [1.54, 1.807) is 11.3 Å². The first-order valence-electron chi connectivity index (χ1n) is 6.97. The van der Waals surface area contributed by atoms with Gasteiger partial charge in [0.2, 0.25) is 5.91 Å². The third-order valence-corrected chi connectivity index (χ3v) is 4.17. The van der Waals surface area contributed by atoms with Gasteiger partial charge in [0.15, 0.2) is 0 Å². The second-order valence-electron chi connectivity index (χ2n) is 4.84. The zero-order valence-electron chi connectivity index (χ0n) is 12.1. The number of aromatic nitrogens is 1. The molecule has 0 unspecified atom stereocenters. The van der Waals surface area contributed by atoms with Crippen LogP contribution in [0.15, 0.2) is 29.6 Å². The summed E-state index contributed by atoms with van der Waals surface area (Å²) >= 11 is 1.63. The molecule has 0 saturated heterocycles. The van der Waals surface area contributed by atoms with E-state index in [1.165, 1.54) is 0 Å². The molecule has 0 aliphatic heterocycles. The van der Waals surface area contributed by atoms with Crippen LogP contribution in [0.1, 0.15) is 31.7 Å². The van der Waals surface area contributed by atoms with Crippen LogP contribution in [0.5, 0.6) is 0 Å². The van der Waals surface area contributed by atoms with Crippen molar-refractivity contribution in [2.24, 2.45) is 5.92 Å². The van der Waals surface area contributed by atoms with Crippen LogP contribution in [0.25, 0.3) is 11.3 Å². The summed E-state index contributed by atoms with van der Waals surface area (Å²) in [6.07, 6.45) is 1.74. The molecule has 1 aromatic heterocycles. The number of aryl methyl sites for hydroxylation is 1. The Morgan fingerprint density at radius 3 is 2.70 bits per heavy atom. The van der Waals surface area contributed by atoms with Crippen LogP contribution < -0.4 is 5.32 Å². The van der Waals surface area contributed by atoms with Crippen molar-refractivity contribution in [3.8, 4) is 11.3 Å². The van der Waals surface area contributed by atoms with Gasteiger partial charge in [-0.15, -0.1) is 11.3 Å². The monoisotopic (exact) mass is 288 g/mol. The fourth-order valence-corrected chi connectivity index (χ4v) is 2.78. The van der Waals surface area contributed by atoms with E-state index in [-0.39, 0.29) is 11.8 Å². The van der Waals surface area contributed by atoms with Crippen LogP contribution in [-0.4, -0.2) is 10.9 Å². The van der Waals surface area contributed by atoms with Crippen LogP contribution in [-0.2, 0) is 4.79 Å². The largest absolute Gasteiger partial charge is 0.326 e. The number of nitrogens with zero attached hydrogens (tertiary/aromatic N) is 1. The Morgan fingerprint density at radius 2 is 2.10 bits per heavy atom. The average molecular weight is 288 g/mol. The molecule has 1 amide bonds. The Balaban J connectivity index is 2.16. The summed E-state index contributed by atoms with van der Waals surface area (Å²) in [5, 5.41) is 6.08. The minimum absolute atomic E-state index is 0.0835. The number of carbonyl (C=O) groups excluding carboxylic acids is 1. The average Bonchev–Trinajstić information content (AvgIpc) is 2.87. The molecule has 0 radical (unpaired) electrons. The molecule has 1 heterocycles. The summed E-state index contributed by atoms with van der Waals surface area (Å²) in [5.74, 6) is 0.182. The van der Waals surface area contributed by atoms with E-state index in [0.717, 1.165) is 34.8 Å². The molecule has 0 aliphatic rings. The molecule has 0 aliphatic carbocycles. The van der Waals surface area contributed by atoms with E-state index in [4.69, 9.17) is 0 Å². The van der Waals surface area contributed by atoms with Gasteiger partial charge in [-0.1, -0.05) is 26.0 Å². The maximum Gasteiger partial charge on any atom is 0.227 e. The molecule has 0 spiro atoms. The van der Waals surface area contributed by atoms with E-state index < -0.39 is 0 Å². The SMILES string of the molecule is CCC(CC)C(=O)Nc1cccc(-c2csc(C)n2)c1. The van der Waals surface area contributed by atoms with Gasteiger partial charge in [0.05, 0.1) is 10.7 Å². The first kappa shape index (κ1) is 14.7. The molecule has 0 fully saturated rings. The van der Waals surface area contributed by atoms with Crippen LogP contribution in [0, 0.1) is 12.8 Å². The third-order valence-electron chi connectivity index (χ3n) is 3.40. The second-order valence-corrected chi connectivity index (χ2v) is 5.90. The standard InChI is InChI=1S/C16H20N2OS/c1-4-12(5-2)16(19)18-14-8-6-7-13(9-14)15-10-20-11(3)17-15/h6-10,12H,4-5H2,1-3H3,(H,18,19). The van der Waals surface area contributed by atoms with Gasteiger partial charge in [0, 0.05) is 22.5 Å². The highest BCUT2D eigenvalue weighted by Gasteiger charge is 2.14. The van der Waals surface area contributed by atoms with Crippen molar-refractivity contribution in [3.05, 3.63) is 34.7 Å². The molecule has 0 saturated carbocycles. The van der Waals surface area contributed by atoms with E-state index in [9.17, 15) is 4.79 Å². The van der Waals surface area contributed by atoms with Gasteiger partial charge in [-0.3, -0.25) is 4.79 Å². The first-order chi connectivity index (χ1) is 9.63. The van der Waals surface area contributed by atoms with Crippen molar-refractivity contribution in [3.63, 3.8) is 0 Å². The third kappa shape index (κ3) is 3.45. The highest BCUT2D eigenvalue weighted by Crippen LogP contribution is 2.24. The summed E-state index contributed by atoms with van der Waals surface area (Å²) in [6, 6.07) is 7.87. The lowest BCUT2D eigenvalue weighted by atomic mass is 10.0. The van der Waals surface area contributed by atoms with Gasteiger partial charge in [0.1, 0.15) is 0 Å². The predicted octanol–water partition coefficient (Wildman–Crippen LogP) is 4.49. The van der Waals surface area contributed by atoms with Crippen molar-refractivity contribution in [1.29, 1.82) is 0 Å². The van der Waals surface area contributed by atoms with Gasteiger partial charge in [0.25, 0.3) is 0 Å². The minimum atomic E-state index is 0.0835. The van der Waals surface area contributed by atoms with E-state index in [2.05, 4.69) is 10.3 Å². The molecule has 3 nitrogen and oxygen atoms in total. The van der Waals surface area contributed by atoms with Crippen LogP contribution in [0.4, 0.5) is 5.69 Å². The quantitative estimate of drug-likeness (QED) is 0.880. The maximum absolute atomic E-state index is 12.1.